The highest BCUT2D eigenvalue weighted by Gasteiger charge is 2.43. The first-order valence-corrected chi connectivity index (χ1v) is 8.85. The highest BCUT2D eigenvalue weighted by Crippen LogP contribution is 2.44. The fourth-order valence-corrected chi connectivity index (χ4v) is 3.65. The third-order valence-corrected chi connectivity index (χ3v) is 4.93. The standard InChI is InChI=1S/C21H21N3O3/c1-12(2)24-20(14-4-8-15(25)9-5-14)17-18(22-23-19(17)21(24)26)13-6-10-16(27-3)11-7-13/h4-12,20,25H,1-3H3,(H,22,23). The van der Waals surface area contributed by atoms with Crippen LogP contribution in [0.2, 0.25) is 0 Å². The molecule has 1 amide bonds. The Morgan fingerprint density at radius 2 is 1.78 bits per heavy atom. The maximum atomic E-state index is 13.0. The average molecular weight is 363 g/mol. The first kappa shape index (κ1) is 17.1. The predicted octanol–water partition coefficient (Wildman–Crippen LogP) is 3.74. The lowest BCUT2D eigenvalue weighted by Crippen LogP contribution is -2.35. The van der Waals surface area contributed by atoms with Gasteiger partial charge in [-0.3, -0.25) is 9.89 Å². The molecule has 2 heterocycles. The highest BCUT2D eigenvalue weighted by atomic mass is 16.5. The number of methoxy groups -OCH3 is 1. The van der Waals surface area contributed by atoms with Crippen molar-refractivity contribution in [3.8, 4) is 22.8 Å². The molecule has 1 aliphatic rings. The van der Waals surface area contributed by atoms with Gasteiger partial charge in [0.2, 0.25) is 0 Å². The minimum absolute atomic E-state index is 0.0146. The van der Waals surface area contributed by atoms with Gasteiger partial charge >= 0.3 is 0 Å². The number of amides is 1. The normalized spacial score (nSPS) is 16.1. The van der Waals surface area contributed by atoms with Crippen molar-refractivity contribution in [1.29, 1.82) is 0 Å². The van der Waals surface area contributed by atoms with E-state index in [1.807, 2.05) is 55.1 Å². The van der Waals surface area contributed by atoms with E-state index in [9.17, 15) is 9.90 Å². The summed E-state index contributed by atoms with van der Waals surface area (Å²) in [6.45, 7) is 4.00. The van der Waals surface area contributed by atoms with Crippen molar-refractivity contribution in [2.45, 2.75) is 25.9 Å². The number of phenols is 1. The second-order valence-corrected chi connectivity index (χ2v) is 6.89. The van der Waals surface area contributed by atoms with Crippen molar-refractivity contribution in [2.24, 2.45) is 0 Å². The van der Waals surface area contributed by atoms with E-state index in [2.05, 4.69) is 10.2 Å². The van der Waals surface area contributed by atoms with Crippen LogP contribution in [-0.4, -0.2) is 39.3 Å². The molecule has 0 radical (unpaired) electrons. The molecule has 138 valence electrons. The van der Waals surface area contributed by atoms with E-state index in [1.54, 1.807) is 19.2 Å². The number of benzene rings is 2. The van der Waals surface area contributed by atoms with Crippen molar-refractivity contribution >= 4 is 5.91 Å². The Morgan fingerprint density at radius 1 is 1.11 bits per heavy atom. The van der Waals surface area contributed by atoms with Gasteiger partial charge in [-0.1, -0.05) is 12.1 Å². The number of phenolic OH excluding ortho intramolecular Hbond substituents is 1. The summed E-state index contributed by atoms with van der Waals surface area (Å²) in [6, 6.07) is 14.4. The molecule has 6 nitrogen and oxygen atoms in total. The van der Waals surface area contributed by atoms with E-state index in [-0.39, 0.29) is 23.7 Å². The Morgan fingerprint density at radius 3 is 2.37 bits per heavy atom. The van der Waals surface area contributed by atoms with Gasteiger partial charge in [-0.2, -0.15) is 5.10 Å². The quantitative estimate of drug-likeness (QED) is 0.740. The molecule has 0 saturated carbocycles. The van der Waals surface area contributed by atoms with Crippen molar-refractivity contribution in [3.05, 3.63) is 65.4 Å². The first-order chi connectivity index (χ1) is 13.0. The lowest BCUT2D eigenvalue weighted by Gasteiger charge is -2.30. The van der Waals surface area contributed by atoms with Gasteiger partial charge in [0.15, 0.2) is 0 Å². The molecule has 1 unspecified atom stereocenters. The average Bonchev–Trinajstić information content (AvgIpc) is 3.22. The molecule has 0 saturated heterocycles. The Hall–Kier alpha value is -3.28. The summed E-state index contributed by atoms with van der Waals surface area (Å²) in [7, 11) is 1.63. The first-order valence-electron chi connectivity index (χ1n) is 8.85. The summed E-state index contributed by atoms with van der Waals surface area (Å²) < 4.78 is 5.23. The smallest absolute Gasteiger partial charge is 0.273 e. The largest absolute Gasteiger partial charge is 0.508 e. The monoisotopic (exact) mass is 363 g/mol. The highest BCUT2D eigenvalue weighted by molar-refractivity contribution is 6.00. The Balaban J connectivity index is 1.87. The van der Waals surface area contributed by atoms with Crippen LogP contribution in [-0.2, 0) is 0 Å². The van der Waals surface area contributed by atoms with E-state index in [0.29, 0.717) is 5.69 Å². The third kappa shape index (κ3) is 2.73. The van der Waals surface area contributed by atoms with E-state index in [1.165, 1.54) is 0 Å². The molecule has 27 heavy (non-hydrogen) atoms. The van der Waals surface area contributed by atoms with Gasteiger partial charge in [0.1, 0.15) is 17.2 Å². The predicted molar refractivity (Wildman–Crippen MR) is 102 cm³/mol. The molecule has 6 heteroatoms. The molecule has 0 spiro atoms. The summed E-state index contributed by atoms with van der Waals surface area (Å²) in [5.74, 6) is 0.896. The Labute approximate surface area is 157 Å². The number of rotatable bonds is 4. The molecular weight excluding hydrogens is 342 g/mol. The molecule has 0 aliphatic carbocycles. The zero-order chi connectivity index (χ0) is 19.1. The summed E-state index contributed by atoms with van der Waals surface area (Å²) in [6.07, 6.45) is 0. The number of fused-ring (bicyclic) bond motifs is 1. The second kappa shape index (κ2) is 6.46. The van der Waals surface area contributed by atoms with Crippen LogP contribution in [0, 0.1) is 0 Å². The topological polar surface area (TPSA) is 78.5 Å². The molecule has 1 aromatic heterocycles. The van der Waals surface area contributed by atoms with Crippen molar-refractivity contribution in [1.82, 2.24) is 15.1 Å². The third-order valence-electron chi connectivity index (χ3n) is 4.93. The van der Waals surface area contributed by atoms with Crippen LogP contribution in [0.3, 0.4) is 0 Å². The fourth-order valence-electron chi connectivity index (χ4n) is 3.65. The molecule has 2 N–H and O–H groups in total. The summed E-state index contributed by atoms with van der Waals surface area (Å²) >= 11 is 0. The minimum atomic E-state index is -0.260. The number of aromatic hydroxyl groups is 1. The minimum Gasteiger partial charge on any atom is -0.508 e. The number of carbonyl (C=O) groups excluding carboxylic acids is 1. The van der Waals surface area contributed by atoms with Gasteiger partial charge in [0, 0.05) is 17.2 Å². The maximum Gasteiger partial charge on any atom is 0.273 e. The number of nitrogens with one attached hydrogen (secondary N) is 1. The molecular formula is C21H21N3O3. The zero-order valence-electron chi connectivity index (χ0n) is 15.4. The second-order valence-electron chi connectivity index (χ2n) is 6.89. The summed E-state index contributed by atoms with van der Waals surface area (Å²) in [4.78, 5) is 14.9. The van der Waals surface area contributed by atoms with Crippen LogP contribution in [0.25, 0.3) is 11.3 Å². The zero-order valence-corrected chi connectivity index (χ0v) is 15.4. The van der Waals surface area contributed by atoms with Crippen molar-refractivity contribution < 1.29 is 14.6 Å². The van der Waals surface area contributed by atoms with E-state index in [0.717, 1.165) is 28.1 Å². The Bertz CT molecular complexity index is 975. The van der Waals surface area contributed by atoms with Crippen LogP contribution >= 0.6 is 0 Å². The maximum absolute atomic E-state index is 13.0. The van der Waals surface area contributed by atoms with Crippen LogP contribution in [0.5, 0.6) is 11.5 Å². The number of H-pyrrole nitrogens is 1. The van der Waals surface area contributed by atoms with Gasteiger partial charge in [-0.25, -0.2) is 0 Å². The molecule has 1 aliphatic heterocycles. The number of nitrogens with zero attached hydrogens (tertiary/aromatic N) is 2. The van der Waals surface area contributed by atoms with Crippen LogP contribution < -0.4 is 4.74 Å². The van der Waals surface area contributed by atoms with Gasteiger partial charge in [0.25, 0.3) is 5.91 Å². The van der Waals surface area contributed by atoms with Crippen LogP contribution in [0.1, 0.15) is 41.5 Å². The van der Waals surface area contributed by atoms with Gasteiger partial charge in [0.05, 0.1) is 18.8 Å². The van der Waals surface area contributed by atoms with E-state index in [4.69, 9.17) is 4.74 Å². The summed E-state index contributed by atoms with van der Waals surface area (Å²) in [5, 5.41) is 17.0. The van der Waals surface area contributed by atoms with Gasteiger partial charge < -0.3 is 14.7 Å². The van der Waals surface area contributed by atoms with E-state index >= 15 is 0 Å². The number of aromatic amines is 1. The molecule has 0 bridgehead atoms. The lowest BCUT2D eigenvalue weighted by molar-refractivity contribution is 0.0688. The molecule has 2 aromatic carbocycles. The van der Waals surface area contributed by atoms with Gasteiger partial charge in [-0.15, -0.1) is 0 Å². The number of carbonyl (C=O) groups is 1. The van der Waals surface area contributed by atoms with Crippen molar-refractivity contribution in [2.75, 3.05) is 7.11 Å². The Kier molecular flexibility index (Phi) is 4.11. The SMILES string of the molecule is COc1ccc(-c2n[nH]c3c2C(c2ccc(O)cc2)N(C(C)C)C3=O)cc1. The van der Waals surface area contributed by atoms with Crippen LogP contribution in [0.4, 0.5) is 0 Å². The fraction of sp³-hybridized carbons (Fsp3) is 0.238. The molecule has 3 aromatic rings. The lowest BCUT2D eigenvalue weighted by atomic mass is 9.95. The van der Waals surface area contributed by atoms with Gasteiger partial charge in [-0.05, 0) is 55.8 Å². The van der Waals surface area contributed by atoms with Crippen LogP contribution in [0.15, 0.2) is 48.5 Å². The van der Waals surface area contributed by atoms with E-state index < -0.39 is 0 Å². The molecule has 4 rings (SSSR count). The number of hydrogen-bond donors (Lipinski definition) is 2. The molecule has 1 atom stereocenters. The van der Waals surface area contributed by atoms with Crippen molar-refractivity contribution in [3.63, 3.8) is 0 Å². The summed E-state index contributed by atoms with van der Waals surface area (Å²) in [5.41, 5.74) is 3.99. The molecule has 0 fully saturated rings. The number of ether oxygens (including phenoxy) is 1. The number of hydrogen-bond acceptors (Lipinski definition) is 4. The number of aromatic nitrogens is 2.